The van der Waals surface area contributed by atoms with Gasteiger partial charge in [-0.3, -0.25) is 0 Å². The molecule has 0 aliphatic carbocycles. The average Bonchev–Trinajstić information content (AvgIpc) is 2.74. The second-order valence-electron chi connectivity index (χ2n) is 3.54. The van der Waals surface area contributed by atoms with E-state index in [1.165, 1.54) is 5.56 Å². The van der Waals surface area contributed by atoms with Crippen LogP contribution in [0.5, 0.6) is 0 Å². The van der Waals surface area contributed by atoms with Gasteiger partial charge in [-0.15, -0.1) is 0 Å². The summed E-state index contributed by atoms with van der Waals surface area (Å²) >= 11 is 0. The predicted molar refractivity (Wildman–Crippen MR) is 61.9 cm³/mol. The van der Waals surface area contributed by atoms with Gasteiger partial charge in [0.2, 0.25) is 5.88 Å². The summed E-state index contributed by atoms with van der Waals surface area (Å²) in [6, 6.07) is 8.13. The van der Waals surface area contributed by atoms with Crippen LogP contribution in [0.2, 0.25) is 0 Å². The molecule has 1 heterocycles. The Bertz CT molecular complexity index is 448. The Labute approximate surface area is 94.0 Å². The number of anilines is 1. The van der Waals surface area contributed by atoms with E-state index in [0.717, 1.165) is 24.2 Å². The van der Waals surface area contributed by atoms with Gasteiger partial charge in [-0.05, 0) is 17.5 Å². The van der Waals surface area contributed by atoms with E-state index in [1.54, 1.807) is 13.3 Å². The summed E-state index contributed by atoms with van der Waals surface area (Å²) in [6.45, 7) is 0.731. The lowest BCUT2D eigenvalue weighted by Gasteiger charge is -2.02. The normalized spacial score (nSPS) is 10.6. The monoisotopic (exact) mass is 218 g/mol. The Hall–Kier alpha value is -1.81. The van der Waals surface area contributed by atoms with Gasteiger partial charge < -0.3 is 15.0 Å². The molecular weight excluding hydrogens is 204 g/mol. The topological polar surface area (TPSA) is 61.3 Å². The Morgan fingerprint density at radius 3 is 2.62 bits per heavy atom. The lowest BCUT2D eigenvalue weighted by molar-refractivity contribution is 0.202. The van der Waals surface area contributed by atoms with E-state index in [1.807, 2.05) is 12.1 Å². The standard InChI is InChI=1S/C12H14N2O2/c1-15-7-6-9-2-4-10(5-3-9)11-8-14-16-12(11)13/h2-5,8H,6-7,13H2,1H3. The van der Waals surface area contributed by atoms with Crippen LogP contribution in [0.25, 0.3) is 11.1 Å². The first kappa shape index (κ1) is 10.7. The summed E-state index contributed by atoms with van der Waals surface area (Å²) in [5.41, 5.74) is 8.72. The van der Waals surface area contributed by atoms with E-state index in [-0.39, 0.29) is 0 Å². The van der Waals surface area contributed by atoms with E-state index in [4.69, 9.17) is 15.0 Å². The van der Waals surface area contributed by atoms with E-state index >= 15 is 0 Å². The summed E-state index contributed by atoms with van der Waals surface area (Å²) in [5, 5.41) is 3.65. The molecule has 1 aromatic heterocycles. The van der Waals surface area contributed by atoms with Crippen molar-refractivity contribution >= 4 is 5.88 Å². The van der Waals surface area contributed by atoms with Crippen LogP contribution in [0, 0.1) is 0 Å². The van der Waals surface area contributed by atoms with Gasteiger partial charge in [0.15, 0.2) is 0 Å². The molecule has 1 aromatic carbocycles. The molecule has 2 rings (SSSR count). The zero-order valence-electron chi connectivity index (χ0n) is 9.14. The molecular formula is C12H14N2O2. The van der Waals surface area contributed by atoms with Crippen molar-refractivity contribution in [2.24, 2.45) is 0 Å². The second kappa shape index (κ2) is 4.81. The molecule has 0 unspecified atom stereocenters. The number of hydrogen-bond donors (Lipinski definition) is 1. The van der Waals surface area contributed by atoms with Crippen LogP contribution in [0.1, 0.15) is 5.56 Å². The minimum atomic E-state index is 0.352. The zero-order chi connectivity index (χ0) is 11.4. The highest BCUT2D eigenvalue weighted by Crippen LogP contribution is 2.25. The van der Waals surface area contributed by atoms with Crippen LogP contribution in [-0.2, 0) is 11.2 Å². The maximum atomic E-state index is 5.64. The van der Waals surface area contributed by atoms with Gasteiger partial charge in [0.05, 0.1) is 18.4 Å². The van der Waals surface area contributed by atoms with Crippen LogP contribution >= 0.6 is 0 Å². The van der Waals surface area contributed by atoms with Gasteiger partial charge in [-0.1, -0.05) is 29.4 Å². The van der Waals surface area contributed by atoms with Crippen LogP contribution < -0.4 is 5.73 Å². The van der Waals surface area contributed by atoms with Gasteiger partial charge in [-0.2, -0.15) is 0 Å². The van der Waals surface area contributed by atoms with E-state index in [2.05, 4.69) is 17.3 Å². The molecule has 4 nitrogen and oxygen atoms in total. The number of benzene rings is 1. The number of nitrogens with zero attached hydrogens (tertiary/aromatic N) is 1. The van der Waals surface area contributed by atoms with Crippen LogP contribution in [0.4, 0.5) is 5.88 Å². The van der Waals surface area contributed by atoms with E-state index < -0.39 is 0 Å². The lowest BCUT2D eigenvalue weighted by Crippen LogP contribution is -1.94. The minimum absolute atomic E-state index is 0.352. The van der Waals surface area contributed by atoms with Crippen LogP contribution in [0.3, 0.4) is 0 Å². The number of nitrogen functional groups attached to an aromatic ring is 1. The predicted octanol–water partition coefficient (Wildman–Crippen LogP) is 2.11. The number of nitrogens with two attached hydrogens (primary N) is 1. The first-order valence-electron chi connectivity index (χ1n) is 5.09. The van der Waals surface area contributed by atoms with Crippen molar-refractivity contribution in [2.75, 3.05) is 19.5 Å². The summed E-state index contributed by atoms with van der Waals surface area (Å²) in [6.07, 6.45) is 2.54. The van der Waals surface area contributed by atoms with Gasteiger partial charge in [0.1, 0.15) is 0 Å². The smallest absolute Gasteiger partial charge is 0.229 e. The molecule has 0 atom stereocenters. The molecule has 0 bridgehead atoms. The molecule has 16 heavy (non-hydrogen) atoms. The largest absolute Gasteiger partial charge is 0.384 e. The Morgan fingerprint density at radius 2 is 2.06 bits per heavy atom. The van der Waals surface area contributed by atoms with Crippen molar-refractivity contribution in [2.45, 2.75) is 6.42 Å². The highest BCUT2D eigenvalue weighted by atomic mass is 16.5. The Kier molecular flexibility index (Phi) is 3.22. The molecule has 4 heteroatoms. The molecule has 84 valence electrons. The minimum Gasteiger partial charge on any atom is -0.384 e. The van der Waals surface area contributed by atoms with Crippen molar-refractivity contribution < 1.29 is 9.26 Å². The summed E-state index contributed by atoms with van der Waals surface area (Å²) in [4.78, 5) is 0. The van der Waals surface area contributed by atoms with Crippen molar-refractivity contribution in [1.82, 2.24) is 5.16 Å². The summed E-state index contributed by atoms with van der Waals surface area (Å²) < 4.78 is 9.84. The number of hydrogen-bond acceptors (Lipinski definition) is 4. The Morgan fingerprint density at radius 1 is 1.31 bits per heavy atom. The maximum Gasteiger partial charge on any atom is 0.229 e. The lowest BCUT2D eigenvalue weighted by atomic mass is 10.1. The van der Waals surface area contributed by atoms with Gasteiger partial charge in [-0.25, -0.2) is 0 Å². The number of aromatic nitrogens is 1. The van der Waals surface area contributed by atoms with Crippen molar-refractivity contribution in [3.8, 4) is 11.1 Å². The maximum absolute atomic E-state index is 5.64. The number of rotatable bonds is 4. The second-order valence-corrected chi connectivity index (χ2v) is 3.54. The van der Waals surface area contributed by atoms with Crippen LogP contribution in [-0.4, -0.2) is 18.9 Å². The first-order chi connectivity index (χ1) is 7.81. The highest BCUT2D eigenvalue weighted by molar-refractivity contribution is 5.71. The molecule has 2 aromatic rings. The van der Waals surface area contributed by atoms with Gasteiger partial charge in [0, 0.05) is 7.11 Å². The molecule has 0 aliphatic heterocycles. The van der Waals surface area contributed by atoms with Gasteiger partial charge in [0.25, 0.3) is 0 Å². The Balaban J connectivity index is 2.16. The van der Waals surface area contributed by atoms with Gasteiger partial charge >= 0.3 is 0 Å². The molecule has 0 spiro atoms. The SMILES string of the molecule is COCCc1ccc(-c2cnoc2N)cc1. The fourth-order valence-corrected chi connectivity index (χ4v) is 1.54. The quantitative estimate of drug-likeness (QED) is 0.853. The summed E-state index contributed by atoms with van der Waals surface area (Å²) in [7, 11) is 1.70. The van der Waals surface area contributed by atoms with E-state index in [0.29, 0.717) is 5.88 Å². The molecule has 0 radical (unpaired) electrons. The molecule has 0 aliphatic rings. The fourth-order valence-electron chi connectivity index (χ4n) is 1.54. The third kappa shape index (κ3) is 2.23. The van der Waals surface area contributed by atoms with Crippen molar-refractivity contribution in [3.63, 3.8) is 0 Å². The third-order valence-electron chi connectivity index (χ3n) is 2.46. The number of ether oxygens (including phenoxy) is 1. The zero-order valence-corrected chi connectivity index (χ0v) is 9.14. The fraction of sp³-hybridized carbons (Fsp3) is 0.250. The molecule has 0 fully saturated rings. The average molecular weight is 218 g/mol. The van der Waals surface area contributed by atoms with Crippen LogP contribution in [0.15, 0.2) is 35.0 Å². The highest BCUT2D eigenvalue weighted by Gasteiger charge is 2.06. The molecule has 0 amide bonds. The first-order valence-corrected chi connectivity index (χ1v) is 5.09. The van der Waals surface area contributed by atoms with E-state index in [9.17, 15) is 0 Å². The third-order valence-corrected chi connectivity index (χ3v) is 2.46. The number of methoxy groups -OCH3 is 1. The van der Waals surface area contributed by atoms with Crippen molar-refractivity contribution in [1.29, 1.82) is 0 Å². The van der Waals surface area contributed by atoms with Crippen molar-refractivity contribution in [3.05, 3.63) is 36.0 Å². The molecule has 0 saturated heterocycles. The molecule has 2 N–H and O–H groups in total. The molecule has 0 saturated carbocycles. The summed E-state index contributed by atoms with van der Waals surface area (Å²) in [5.74, 6) is 0.352.